The maximum Gasteiger partial charge on any atom is 0.457 e. The van der Waals surface area contributed by atoms with Crippen LogP contribution in [0.4, 0.5) is 30.7 Å². The standard InChI is InChI=1S/C4HF7O.Cl3HSi/c5-1(6)2(7)12-3(8)4(9,10)11;1-4(2)3/h3H;4H. The van der Waals surface area contributed by atoms with Crippen LogP contribution in [0.1, 0.15) is 0 Å². The zero-order valence-electron chi connectivity index (χ0n) is 6.84. The van der Waals surface area contributed by atoms with E-state index in [4.69, 9.17) is 33.2 Å². The topological polar surface area (TPSA) is 9.23 Å². The van der Waals surface area contributed by atoms with E-state index in [2.05, 4.69) is 4.74 Å². The van der Waals surface area contributed by atoms with Crippen LogP contribution in [-0.2, 0) is 4.74 Å². The SMILES string of the molecule is Cl[SiH](Cl)Cl.FC(F)=C(F)OC(F)C(F)(F)F. The zero-order valence-corrected chi connectivity index (χ0v) is 10.3. The number of hydrogen-bond acceptors (Lipinski definition) is 1. The van der Waals surface area contributed by atoms with E-state index < -0.39 is 31.4 Å². The molecule has 0 N–H and O–H groups in total. The normalized spacial score (nSPS) is 12.7. The van der Waals surface area contributed by atoms with Gasteiger partial charge in [0.2, 0.25) is 0 Å². The summed E-state index contributed by atoms with van der Waals surface area (Å²) >= 11 is 14.8. The Morgan fingerprint density at radius 1 is 1.06 bits per heavy atom. The number of rotatable bonds is 2. The lowest BCUT2D eigenvalue weighted by Crippen LogP contribution is -2.26. The predicted octanol–water partition coefficient (Wildman–Crippen LogP) is 4.32. The Hall–Kier alpha value is 0.137. The molecule has 16 heavy (non-hydrogen) atoms. The smallest absolute Gasteiger partial charge is 0.423 e. The molecular formula is C4H2Cl3F7OSi. The first kappa shape index (κ1) is 18.5. The Bertz CT molecular complexity index is 225. The highest BCUT2D eigenvalue weighted by Gasteiger charge is 2.43. The third kappa shape index (κ3) is 12.2. The molecule has 12 heteroatoms. The van der Waals surface area contributed by atoms with Crippen molar-refractivity contribution in [2.75, 3.05) is 0 Å². The lowest BCUT2D eigenvalue weighted by Gasteiger charge is -2.11. The molecular weight excluding hydrogens is 331 g/mol. The molecule has 1 nitrogen and oxygen atoms in total. The van der Waals surface area contributed by atoms with Crippen LogP contribution < -0.4 is 0 Å². The summed E-state index contributed by atoms with van der Waals surface area (Å²) in [6.45, 7) is -1.72. The first-order chi connectivity index (χ1) is 6.98. The summed E-state index contributed by atoms with van der Waals surface area (Å²) in [5, 5.41) is 0. The van der Waals surface area contributed by atoms with Crippen molar-refractivity contribution < 1.29 is 35.5 Å². The van der Waals surface area contributed by atoms with Crippen LogP contribution in [0.25, 0.3) is 0 Å². The average Bonchev–Trinajstić information content (AvgIpc) is 2.00. The fourth-order valence-electron chi connectivity index (χ4n) is 0.202. The molecule has 0 saturated heterocycles. The second-order valence-electron chi connectivity index (χ2n) is 1.76. The minimum atomic E-state index is -5.52. The molecule has 0 fully saturated rings. The molecule has 0 amide bonds. The molecule has 0 saturated carbocycles. The van der Waals surface area contributed by atoms with Crippen molar-refractivity contribution in [3.8, 4) is 0 Å². The summed E-state index contributed by atoms with van der Waals surface area (Å²) in [4.78, 5) is 0. The van der Waals surface area contributed by atoms with Crippen molar-refractivity contribution >= 4 is 40.0 Å². The van der Waals surface area contributed by atoms with Crippen molar-refractivity contribution in [3.05, 3.63) is 12.1 Å². The van der Waals surface area contributed by atoms with Gasteiger partial charge in [0.1, 0.15) is 0 Å². The van der Waals surface area contributed by atoms with Crippen LogP contribution in [0.3, 0.4) is 0 Å². The molecule has 0 aliphatic heterocycles. The quantitative estimate of drug-likeness (QED) is 0.317. The summed E-state index contributed by atoms with van der Waals surface area (Å²) in [7, 11) is 0. The van der Waals surface area contributed by atoms with Gasteiger partial charge in [0.15, 0.2) is 0 Å². The van der Waals surface area contributed by atoms with Crippen LogP contribution in [0.5, 0.6) is 0 Å². The maximum absolute atomic E-state index is 11.6. The fraction of sp³-hybridized carbons (Fsp3) is 0.500. The van der Waals surface area contributed by atoms with Gasteiger partial charge in [0.25, 0.3) is 0 Å². The van der Waals surface area contributed by atoms with E-state index in [1.807, 2.05) is 0 Å². The third-order valence-corrected chi connectivity index (χ3v) is 0.613. The molecule has 0 aromatic carbocycles. The molecule has 0 spiro atoms. The third-order valence-electron chi connectivity index (χ3n) is 0.613. The van der Waals surface area contributed by atoms with Gasteiger partial charge in [0, 0.05) is 0 Å². The Labute approximate surface area is 100 Å². The molecule has 0 radical (unpaired) electrons. The van der Waals surface area contributed by atoms with Crippen molar-refractivity contribution in [1.82, 2.24) is 0 Å². The van der Waals surface area contributed by atoms with E-state index in [9.17, 15) is 30.7 Å². The van der Waals surface area contributed by atoms with Crippen LogP contribution in [0.15, 0.2) is 12.1 Å². The molecule has 98 valence electrons. The Morgan fingerprint density at radius 2 is 1.38 bits per heavy atom. The minimum Gasteiger partial charge on any atom is -0.423 e. The molecule has 0 aliphatic carbocycles. The number of alkyl halides is 4. The molecule has 0 bridgehead atoms. The molecule has 0 aromatic rings. The molecule has 0 aliphatic rings. The largest absolute Gasteiger partial charge is 0.457 e. The summed E-state index contributed by atoms with van der Waals surface area (Å²) in [6.07, 6.45) is -12.8. The molecule has 1 unspecified atom stereocenters. The molecule has 0 heterocycles. The first-order valence-corrected chi connectivity index (χ1v) is 8.22. The first-order valence-electron chi connectivity index (χ1n) is 2.99. The molecule has 0 aromatic heterocycles. The molecule has 0 rings (SSSR count). The predicted molar refractivity (Wildman–Crippen MR) is 47.1 cm³/mol. The Kier molecular flexibility index (Phi) is 9.55. The van der Waals surface area contributed by atoms with E-state index in [-0.39, 0.29) is 0 Å². The Morgan fingerprint density at radius 3 is 1.56 bits per heavy atom. The van der Waals surface area contributed by atoms with Crippen molar-refractivity contribution in [3.63, 3.8) is 0 Å². The highest BCUT2D eigenvalue weighted by atomic mass is 35.8. The van der Waals surface area contributed by atoms with Crippen LogP contribution in [0, 0.1) is 0 Å². The highest BCUT2D eigenvalue weighted by molar-refractivity contribution is 7.54. The lowest BCUT2D eigenvalue weighted by atomic mass is 10.6. The number of ether oxygens (including phenoxy) is 1. The van der Waals surface area contributed by atoms with Gasteiger partial charge >= 0.3 is 31.4 Å². The number of hydrogen-bond donors (Lipinski definition) is 0. The fourth-order valence-corrected chi connectivity index (χ4v) is 0.202. The Balaban J connectivity index is 0. The van der Waals surface area contributed by atoms with Gasteiger partial charge in [-0.2, -0.15) is 30.7 Å². The van der Waals surface area contributed by atoms with Gasteiger partial charge in [-0.1, -0.05) is 0 Å². The second kappa shape index (κ2) is 8.26. The highest BCUT2D eigenvalue weighted by Crippen LogP contribution is 2.27. The summed E-state index contributed by atoms with van der Waals surface area (Å²) < 4.78 is 81.0. The van der Waals surface area contributed by atoms with Crippen LogP contribution >= 0.6 is 33.2 Å². The lowest BCUT2D eigenvalue weighted by molar-refractivity contribution is -0.259. The summed E-state index contributed by atoms with van der Waals surface area (Å²) in [5.41, 5.74) is 0. The monoisotopic (exact) mass is 332 g/mol. The van der Waals surface area contributed by atoms with Crippen molar-refractivity contribution in [1.29, 1.82) is 0 Å². The van der Waals surface area contributed by atoms with E-state index in [0.717, 1.165) is 0 Å². The van der Waals surface area contributed by atoms with E-state index in [0.29, 0.717) is 0 Å². The van der Waals surface area contributed by atoms with Gasteiger partial charge < -0.3 is 4.74 Å². The van der Waals surface area contributed by atoms with E-state index >= 15 is 0 Å². The van der Waals surface area contributed by atoms with E-state index in [1.165, 1.54) is 0 Å². The van der Waals surface area contributed by atoms with Gasteiger partial charge in [-0.25, -0.2) is 0 Å². The van der Waals surface area contributed by atoms with Crippen molar-refractivity contribution in [2.24, 2.45) is 0 Å². The second-order valence-corrected chi connectivity index (χ2v) is 8.19. The van der Waals surface area contributed by atoms with Crippen LogP contribution in [-0.4, -0.2) is 19.3 Å². The van der Waals surface area contributed by atoms with Gasteiger partial charge in [-0.05, 0) is 0 Å². The summed E-state index contributed by atoms with van der Waals surface area (Å²) in [5.74, 6) is 0. The maximum atomic E-state index is 11.6. The van der Waals surface area contributed by atoms with Gasteiger partial charge in [-0.3, -0.25) is 0 Å². The number of halogens is 10. The van der Waals surface area contributed by atoms with Gasteiger partial charge in [-0.15, -0.1) is 33.2 Å². The van der Waals surface area contributed by atoms with Gasteiger partial charge in [0.05, 0.1) is 0 Å². The zero-order chi connectivity index (χ0) is 13.5. The van der Waals surface area contributed by atoms with Crippen LogP contribution in [0.2, 0.25) is 0 Å². The summed E-state index contributed by atoms with van der Waals surface area (Å²) in [6, 6.07) is -2.88. The van der Waals surface area contributed by atoms with E-state index in [1.54, 1.807) is 0 Å². The minimum absolute atomic E-state index is 1.72. The van der Waals surface area contributed by atoms with Crippen molar-refractivity contribution in [2.45, 2.75) is 12.5 Å². The molecule has 1 atom stereocenters. The average molecular weight is 333 g/mol.